The van der Waals surface area contributed by atoms with Crippen molar-refractivity contribution in [1.29, 1.82) is 5.26 Å². The fourth-order valence-electron chi connectivity index (χ4n) is 1.24. The van der Waals surface area contributed by atoms with Gasteiger partial charge in [0, 0.05) is 6.20 Å². The maximum atomic E-state index is 9.65. The van der Waals surface area contributed by atoms with Gasteiger partial charge < -0.3 is 15.9 Å². The summed E-state index contributed by atoms with van der Waals surface area (Å²) in [6.07, 6.45) is -0.984. The van der Waals surface area contributed by atoms with E-state index in [1.165, 1.54) is 0 Å². The number of aromatic nitrogens is 1. The summed E-state index contributed by atoms with van der Waals surface area (Å²) in [5.74, 6) is 0. The van der Waals surface area contributed by atoms with E-state index in [2.05, 4.69) is 4.98 Å². The molecule has 5 heteroatoms. The second-order valence-electron chi connectivity index (χ2n) is 3.36. The first-order valence-corrected chi connectivity index (χ1v) is 4.51. The quantitative estimate of drug-likeness (QED) is 0.660. The van der Waals surface area contributed by atoms with Crippen molar-refractivity contribution in [2.45, 2.75) is 25.6 Å². The van der Waals surface area contributed by atoms with Gasteiger partial charge in [-0.3, -0.25) is 4.98 Å². The van der Waals surface area contributed by atoms with E-state index in [9.17, 15) is 10.2 Å². The van der Waals surface area contributed by atoms with Gasteiger partial charge in [-0.05, 0) is 18.6 Å². The Balaban J connectivity index is 2.91. The molecular weight excluding hydrogens is 194 g/mol. The highest BCUT2D eigenvalue weighted by atomic mass is 16.3. The first kappa shape index (κ1) is 11.4. The number of nitrogens with zero attached hydrogens (tertiary/aromatic N) is 2. The van der Waals surface area contributed by atoms with Gasteiger partial charge in [0.15, 0.2) is 0 Å². The first-order valence-electron chi connectivity index (χ1n) is 4.51. The minimum absolute atomic E-state index is 0.157. The van der Waals surface area contributed by atoms with Crippen LogP contribution in [0, 0.1) is 18.3 Å². The molecule has 0 aliphatic heterocycles. The smallest absolute Gasteiger partial charge is 0.125 e. The van der Waals surface area contributed by atoms with Crippen LogP contribution in [-0.4, -0.2) is 21.3 Å². The SMILES string of the molecule is Cc1cnc(C(O)C(O)CC#N)c(N)c1. The number of nitrogens with two attached hydrogens (primary N) is 1. The van der Waals surface area contributed by atoms with Crippen LogP contribution in [0.15, 0.2) is 12.3 Å². The van der Waals surface area contributed by atoms with E-state index >= 15 is 0 Å². The molecule has 0 radical (unpaired) electrons. The van der Waals surface area contributed by atoms with Gasteiger partial charge in [0.25, 0.3) is 0 Å². The maximum Gasteiger partial charge on any atom is 0.125 e. The molecule has 0 aromatic carbocycles. The number of aryl methyl sites for hydroxylation is 1. The number of nitriles is 1. The summed E-state index contributed by atoms with van der Waals surface area (Å²) >= 11 is 0. The number of hydrogen-bond donors (Lipinski definition) is 3. The Morgan fingerprint density at radius 2 is 2.27 bits per heavy atom. The molecule has 0 spiro atoms. The molecule has 80 valence electrons. The summed E-state index contributed by atoms with van der Waals surface area (Å²) in [5.41, 5.74) is 7.04. The average molecular weight is 207 g/mol. The van der Waals surface area contributed by atoms with Gasteiger partial charge in [0.05, 0.1) is 30.0 Å². The van der Waals surface area contributed by atoms with Crippen LogP contribution in [-0.2, 0) is 0 Å². The summed E-state index contributed by atoms with van der Waals surface area (Å²) in [4.78, 5) is 3.94. The van der Waals surface area contributed by atoms with Gasteiger partial charge in [-0.15, -0.1) is 0 Å². The highest BCUT2D eigenvalue weighted by molar-refractivity contribution is 5.45. The second kappa shape index (κ2) is 4.73. The summed E-state index contributed by atoms with van der Waals surface area (Å²) in [5, 5.41) is 27.4. The molecule has 15 heavy (non-hydrogen) atoms. The molecule has 0 aliphatic carbocycles. The number of hydrogen-bond acceptors (Lipinski definition) is 5. The monoisotopic (exact) mass is 207 g/mol. The molecule has 4 N–H and O–H groups in total. The molecule has 0 fully saturated rings. The molecule has 0 saturated heterocycles. The predicted octanol–water partition coefficient (Wildman–Crippen LogP) is 0.280. The Bertz CT molecular complexity index is 387. The predicted molar refractivity (Wildman–Crippen MR) is 54.6 cm³/mol. The molecule has 1 aromatic heterocycles. The number of aliphatic hydroxyl groups is 2. The van der Waals surface area contributed by atoms with E-state index in [1.807, 2.05) is 6.92 Å². The fourth-order valence-corrected chi connectivity index (χ4v) is 1.24. The molecule has 0 amide bonds. The maximum absolute atomic E-state index is 9.65. The lowest BCUT2D eigenvalue weighted by Crippen LogP contribution is -2.20. The van der Waals surface area contributed by atoms with E-state index in [1.54, 1.807) is 18.3 Å². The van der Waals surface area contributed by atoms with E-state index in [0.717, 1.165) is 5.56 Å². The Kier molecular flexibility index (Phi) is 3.61. The highest BCUT2D eigenvalue weighted by Crippen LogP contribution is 2.22. The van der Waals surface area contributed by atoms with Crippen LogP contribution >= 0.6 is 0 Å². The number of anilines is 1. The lowest BCUT2D eigenvalue weighted by Gasteiger charge is -2.16. The first-order chi connectivity index (χ1) is 7.06. The molecule has 1 heterocycles. The Morgan fingerprint density at radius 1 is 1.60 bits per heavy atom. The topological polar surface area (TPSA) is 103 Å². The van der Waals surface area contributed by atoms with E-state index in [0.29, 0.717) is 5.69 Å². The second-order valence-corrected chi connectivity index (χ2v) is 3.36. The lowest BCUT2D eigenvalue weighted by atomic mass is 10.1. The zero-order valence-corrected chi connectivity index (χ0v) is 8.38. The largest absolute Gasteiger partial charge is 0.397 e. The Hall–Kier alpha value is -1.64. The average Bonchev–Trinajstić information content (AvgIpc) is 2.17. The molecular formula is C10H13N3O2. The number of aliphatic hydroxyl groups excluding tert-OH is 2. The van der Waals surface area contributed by atoms with Crippen LogP contribution in [0.4, 0.5) is 5.69 Å². The highest BCUT2D eigenvalue weighted by Gasteiger charge is 2.21. The van der Waals surface area contributed by atoms with Crippen LogP contribution < -0.4 is 5.73 Å². The summed E-state index contributed by atoms with van der Waals surface area (Å²) in [6.45, 7) is 1.82. The summed E-state index contributed by atoms with van der Waals surface area (Å²) in [6, 6.07) is 3.43. The van der Waals surface area contributed by atoms with E-state index < -0.39 is 12.2 Å². The van der Waals surface area contributed by atoms with Crippen molar-refractivity contribution >= 4 is 5.69 Å². The van der Waals surface area contributed by atoms with Crippen LogP contribution in [0.1, 0.15) is 23.8 Å². The molecule has 5 nitrogen and oxygen atoms in total. The van der Waals surface area contributed by atoms with E-state index in [-0.39, 0.29) is 12.1 Å². The molecule has 1 rings (SSSR count). The van der Waals surface area contributed by atoms with Gasteiger partial charge in [-0.25, -0.2) is 0 Å². The minimum Gasteiger partial charge on any atom is -0.397 e. The third-order valence-electron chi connectivity index (χ3n) is 2.03. The van der Waals surface area contributed by atoms with Crippen LogP contribution in [0.5, 0.6) is 0 Å². The third-order valence-corrected chi connectivity index (χ3v) is 2.03. The summed E-state index contributed by atoms with van der Waals surface area (Å²) < 4.78 is 0. The van der Waals surface area contributed by atoms with Crippen molar-refractivity contribution in [2.75, 3.05) is 5.73 Å². The molecule has 2 unspecified atom stereocenters. The Labute approximate surface area is 87.8 Å². The van der Waals surface area contributed by atoms with E-state index in [4.69, 9.17) is 11.0 Å². The molecule has 1 aromatic rings. The van der Waals surface area contributed by atoms with Gasteiger partial charge >= 0.3 is 0 Å². The van der Waals surface area contributed by atoms with Crippen LogP contribution in [0.3, 0.4) is 0 Å². The Morgan fingerprint density at radius 3 is 2.80 bits per heavy atom. The third kappa shape index (κ3) is 2.65. The van der Waals surface area contributed by atoms with Gasteiger partial charge in [0.2, 0.25) is 0 Å². The van der Waals surface area contributed by atoms with Crippen molar-refractivity contribution in [3.8, 4) is 6.07 Å². The molecule has 0 aliphatic rings. The summed E-state index contributed by atoms with van der Waals surface area (Å²) in [7, 11) is 0. The zero-order chi connectivity index (χ0) is 11.4. The van der Waals surface area contributed by atoms with Crippen molar-refractivity contribution in [2.24, 2.45) is 0 Å². The number of nitrogen functional groups attached to an aromatic ring is 1. The van der Waals surface area contributed by atoms with Gasteiger partial charge in [-0.2, -0.15) is 5.26 Å². The van der Waals surface area contributed by atoms with Gasteiger partial charge in [0.1, 0.15) is 6.10 Å². The minimum atomic E-state index is -1.22. The molecule has 0 bridgehead atoms. The standard InChI is InChI=1S/C10H13N3O2/c1-6-4-7(12)9(13-5-6)10(15)8(14)2-3-11/h4-5,8,10,14-15H,2,12H2,1H3. The lowest BCUT2D eigenvalue weighted by molar-refractivity contribution is 0.0195. The number of rotatable bonds is 3. The van der Waals surface area contributed by atoms with Crippen molar-refractivity contribution in [3.05, 3.63) is 23.5 Å². The normalized spacial score (nSPS) is 14.3. The van der Waals surface area contributed by atoms with Crippen molar-refractivity contribution < 1.29 is 10.2 Å². The van der Waals surface area contributed by atoms with Crippen LogP contribution in [0.2, 0.25) is 0 Å². The number of pyridine rings is 1. The molecule has 0 saturated carbocycles. The zero-order valence-electron chi connectivity index (χ0n) is 8.38. The molecule has 2 atom stereocenters. The van der Waals surface area contributed by atoms with Crippen molar-refractivity contribution in [1.82, 2.24) is 4.98 Å². The fraction of sp³-hybridized carbons (Fsp3) is 0.400. The van der Waals surface area contributed by atoms with Crippen LogP contribution in [0.25, 0.3) is 0 Å². The van der Waals surface area contributed by atoms with Crippen molar-refractivity contribution in [3.63, 3.8) is 0 Å². The van der Waals surface area contributed by atoms with Gasteiger partial charge in [-0.1, -0.05) is 0 Å².